The van der Waals surface area contributed by atoms with Crippen molar-refractivity contribution in [3.05, 3.63) is 0 Å². The van der Waals surface area contributed by atoms with E-state index in [1.165, 1.54) is 38.6 Å². The van der Waals surface area contributed by atoms with Crippen molar-refractivity contribution in [2.45, 2.75) is 39.0 Å². The molecular weight excluding hydrogens is 321 g/mol. The van der Waals surface area contributed by atoms with E-state index >= 15 is 0 Å². The van der Waals surface area contributed by atoms with Gasteiger partial charge in [-0.15, -0.1) is 24.8 Å². The van der Waals surface area contributed by atoms with Gasteiger partial charge in [0.05, 0.1) is 0 Å². The minimum Gasteiger partial charge on any atom is -0.340 e. The topological polar surface area (TPSA) is 35.6 Å². The van der Waals surface area contributed by atoms with E-state index in [0.717, 1.165) is 38.6 Å². The van der Waals surface area contributed by atoms with Crippen LogP contribution in [0.25, 0.3) is 0 Å². The Bertz CT molecular complexity index is 304. The summed E-state index contributed by atoms with van der Waals surface area (Å²) in [5, 5.41) is 3.09. The molecule has 0 radical (unpaired) electrons. The van der Waals surface area contributed by atoms with Crippen molar-refractivity contribution < 1.29 is 4.79 Å². The second kappa shape index (κ2) is 11.5. The first-order valence-electron chi connectivity index (χ1n) is 8.36. The van der Waals surface area contributed by atoms with Crippen LogP contribution in [0.2, 0.25) is 0 Å². The standard InChI is InChI=1S/C16H31N3O.2ClH/c1-14(12-17-2)16(20)19-10-8-18(9-11-19)13-15-6-4-3-5-7-15;;/h14-15,17H,3-13H2,1-2H3;2*1H. The number of rotatable bonds is 5. The Morgan fingerprint density at radius 3 is 2.23 bits per heavy atom. The molecule has 1 saturated carbocycles. The van der Waals surface area contributed by atoms with E-state index in [0.29, 0.717) is 5.91 Å². The van der Waals surface area contributed by atoms with Gasteiger partial charge in [-0.3, -0.25) is 9.69 Å². The minimum atomic E-state index is 0. The summed E-state index contributed by atoms with van der Waals surface area (Å²) in [6.07, 6.45) is 7.11. The maximum absolute atomic E-state index is 12.3. The molecule has 2 rings (SSSR count). The summed E-state index contributed by atoms with van der Waals surface area (Å²) in [6.45, 7) is 8.02. The molecule has 1 unspecified atom stereocenters. The predicted molar refractivity (Wildman–Crippen MR) is 97.2 cm³/mol. The maximum atomic E-state index is 12.3. The zero-order valence-electron chi connectivity index (χ0n) is 14.1. The lowest BCUT2D eigenvalue weighted by atomic mass is 9.89. The Hall–Kier alpha value is -0.0300. The third-order valence-electron chi connectivity index (χ3n) is 4.86. The van der Waals surface area contributed by atoms with Crippen molar-refractivity contribution in [1.29, 1.82) is 0 Å². The van der Waals surface area contributed by atoms with Gasteiger partial charge in [0.15, 0.2) is 0 Å². The molecule has 1 heterocycles. The van der Waals surface area contributed by atoms with Gasteiger partial charge in [-0.1, -0.05) is 26.2 Å². The van der Waals surface area contributed by atoms with Crippen LogP contribution in [0.15, 0.2) is 0 Å². The van der Waals surface area contributed by atoms with Gasteiger partial charge in [-0.25, -0.2) is 0 Å². The van der Waals surface area contributed by atoms with E-state index in [2.05, 4.69) is 15.1 Å². The van der Waals surface area contributed by atoms with E-state index < -0.39 is 0 Å². The summed E-state index contributed by atoms with van der Waals surface area (Å²) in [5.41, 5.74) is 0. The molecule has 0 spiro atoms. The van der Waals surface area contributed by atoms with E-state index in [9.17, 15) is 4.79 Å². The molecule has 4 nitrogen and oxygen atoms in total. The Labute approximate surface area is 148 Å². The molecule has 2 aliphatic rings. The summed E-state index contributed by atoms with van der Waals surface area (Å²) >= 11 is 0. The molecule has 1 atom stereocenters. The molecule has 0 aromatic carbocycles. The van der Waals surface area contributed by atoms with Crippen molar-refractivity contribution >= 4 is 30.7 Å². The second-order valence-corrected chi connectivity index (χ2v) is 6.59. The number of carbonyl (C=O) groups excluding carboxylic acids is 1. The van der Waals surface area contributed by atoms with Crippen LogP contribution in [0.5, 0.6) is 0 Å². The zero-order valence-corrected chi connectivity index (χ0v) is 15.7. The predicted octanol–water partition coefficient (Wildman–Crippen LogP) is 2.41. The van der Waals surface area contributed by atoms with Crippen LogP contribution in [0.3, 0.4) is 0 Å². The highest BCUT2D eigenvalue weighted by Gasteiger charge is 2.26. The number of carbonyl (C=O) groups is 1. The molecule has 2 fully saturated rings. The van der Waals surface area contributed by atoms with Gasteiger partial charge in [-0.2, -0.15) is 0 Å². The fourth-order valence-corrected chi connectivity index (χ4v) is 3.59. The van der Waals surface area contributed by atoms with Gasteiger partial charge in [0.2, 0.25) is 5.91 Å². The van der Waals surface area contributed by atoms with Crippen LogP contribution in [0.1, 0.15) is 39.0 Å². The molecule has 6 heteroatoms. The molecule has 0 aromatic heterocycles. The Kier molecular flexibility index (Phi) is 11.5. The second-order valence-electron chi connectivity index (χ2n) is 6.59. The lowest BCUT2D eigenvalue weighted by molar-refractivity contribution is -0.136. The third-order valence-corrected chi connectivity index (χ3v) is 4.86. The van der Waals surface area contributed by atoms with E-state index in [4.69, 9.17) is 0 Å². The number of halogens is 2. The Balaban J connectivity index is 0.00000220. The van der Waals surface area contributed by atoms with Gasteiger partial charge in [0.1, 0.15) is 0 Å². The van der Waals surface area contributed by atoms with Crippen molar-refractivity contribution in [1.82, 2.24) is 15.1 Å². The lowest BCUT2D eigenvalue weighted by Crippen LogP contribution is -2.51. The first-order valence-corrected chi connectivity index (χ1v) is 8.36. The van der Waals surface area contributed by atoms with Gasteiger partial charge >= 0.3 is 0 Å². The SMILES string of the molecule is CNCC(C)C(=O)N1CCN(CC2CCCCC2)CC1.Cl.Cl. The normalized spacial score (nSPS) is 21.6. The van der Waals surface area contributed by atoms with Gasteiger partial charge in [0.25, 0.3) is 0 Å². The smallest absolute Gasteiger partial charge is 0.226 e. The van der Waals surface area contributed by atoms with Crippen LogP contribution >= 0.6 is 24.8 Å². The molecule has 1 aliphatic carbocycles. The molecule has 1 amide bonds. The number of nitrogens with zero attached hydrogens (tertiary/aromatic N) is 2. The summed E-state index contributed by atoms with van der Waals surface area (Å²) in [4.78, 5) is 16.9. The Morgan fingerprint density at radius 1 is 1.09 bits per heavy atom. The summed E-state index contributed by atoms with van der Waals surface area (Å²) in [6, 6.07) is 0. The number of nitrogens with one attached hydrogen (secondary N) is 1. The highest BCUT2D eigenvalue weighted by atomic mass is 35.5. The van der Waals surface area contributed by atoms with Crippen LogP contribution in [0.4, 0.5) is 0 Å². The highest BCUT2D eigenvalue weighted by molar-refractivity contribution is 5.85. The fraction of sp³-hybridized carbons (Fsp3) is 0.938. The van der Waals surface area contributed by atoms with Crippen LogP contribution < -0.4 is 5.32 Å². The quantitative estimate of drug-likeness (QED) is 0.824. The van der Waals surface area contributed by atoms with Crippen LogP contribution in [-0.4, -0.2) is 62.0 Å². The molecular formula is C16H33Cl2N3O. The van der Waals surface area contributed by atoms with E-state index in [-0.39, 0.29) is 30.7 Å². The summed E-state index contributed by atoms with van der Waals surface area (Å²) in [7, 11) is 1.91. The first kappa shape index (κ1) is 22.0. The van der Waals surface area contributed by atoms with Gasteiger partial charge in [-0.05, 0) is 25.8 Å². The molecule has 1 N–H and O–H groups in total. The van der Waals surface area contributed by atoms with E-state index in [1.54, 1.807) is 0 Å². The van der Waals surface area contributed by atoms with Crippen molar-refractivity contribution in [3.63, 3.8) is 0 Å². The zero-order chi connectivity index (χ0) is 14.4. The average molecular weight is 354 g/mol. The largest absolute Gasteiger partial charge is 0.340 e. The van der Waals surface area contributed by atoms with E-state index in [1.807, 2.05) is 14.0 Å². The molecule has 1 aliphatic heterocycles. The van der Waals surface area contributed by atoms with Crippen LogP contribution in [0, 0.1) is 11.8 Å². The number of piperazine rings is 1. The monoisotopic (exact) mass is 353 g/mol. The molecule has 132 valence electrons. The first-order chi connectivity index (χ1) is 9.70. The molecule has 0 bridgehead atoms. The molecule has 22 heavy (non-hydrogen) atoms. The number of hydrogen-bond acceptors (Lipinski definition) is 3. The number of hydrogen-bond donors (Lipinski definition) is 1. The van der Waals surface area contributed by atoms with Crippen LogP contribution in [-0.2, 0) is 4.79 Å². The van der Waals surface area contributed by atoms with Crippen molar-refractivity contribution in [2.24, 2.45) is 11.8 Å². The number of amides is 1. The third kappa shape index (κ3) is 6.61. The van der Waals surface area contributed by atoms with Gasteiger partial charge < -0.3 is 10.2 Å². The van der Waals surface area contributed by atoms with Crippen molar-refractivity contribution in [3.8, 4) is 0 Å². The highest BCUT2D eigenvalue weighted by Crippen LogP contribution is 2.24. The summed E-state index contributed by atoms with van der Waals surface area (Å²) < 4.78 is 0. The minimum absolute atomic E-state index is 0. The fourth-order valence-electron chi connectivity index (χ4n) is 3.59. The Morgan fingerprint density at radius 2 is 1.68 bits per heavy atom. The lowest BCUT2D eigenvalue weighted by Gasteiger charge is -2.38. The van der Waals surface area contributed by atoms with Gasteiger partial charge in [0, 0.05) is 45.2 Å². The van der Waals surface area contributed by atoms with Crippen molar-refractivity contribution in [2.75, 3.05) is 46.3 Å². The molecule has 0 aromatic rings. The molecule has 1 saturated heterocycles. The summed E-state index contributed by atoms with van der Waals surface area (Å²) in [5.74, 6) is 1.33. The maximum Gasteiger partial charge on any atom is 0.226 e. The average Bonchev–Trinajstić information content (AvgIpc) is 2.48.